The first-order valence-corrected chi connectivity index (χ1v) is 8.51. The Morgan fingerprint density at radius 2 is 2.04 bits per heavy atom. The highest BCUT2D eigenvalue weighted by molar-refractivity contribution is 5.99. The van der Waals surface area contributed by atoms with Crippen LogP contribution in [0.1, 0.15) is 41.4 Å². The number of benzene rings is 1. The van der Waals surface area contributed by atoms with Gasteiger partial charge in [-0.1, -0.05) is 24.3 Å². The summed E-state index contributed by atoms with van der Waals surface area (Å²) in [5.41, 5.74) is 2.98. The van der Waals surface area contributed by atoms with Crippen LogP contribution in [0.3, 0.4) is 0 Å². The molecule has 1 aliphatic rings. The minimum absolute atomic E-state index is 0.113. The van der Waals surface area contributed by atoms with Gasteiger partial charge in [-0.15, -0.1) is 0 Å². The summed E-state index contributed by atoms with van der Waals surface area (Å²) in [5, 5.41) is 1.11. The molecule has 1 amide bonds. The number of fused-ring (bicyclic) bond motifs is 1. The van der Waals surface area contributed by atoms with Gasteiger partial charge < -0.3 is 9.47 Å². The molecule has 0 unspecified atom stereocenters. The summed E-state index contributed by atoms with van der Waals surface area (Å²) < 4.78 is 2.01. The third kappa shape index (κ3) is 2.48. The number of para-hydroxylation sites is 1. The van der Waals surface area contributed by atoms with Gasteiger partial charge in [0.05, 0.1) is 6.04 Å². The predicted octanol–water partition coefficient (Wildman–Crippen LogP) is 3.94. The van der Waals surface area contributed by atoms with E-state index in [2.05, 4.69) is 23.2 Å². The second-order valence-corrected chi connectivity index (χ2v) is 6.44. The maximum absolute atomic E-state index is 13.3. The van der Waals surface area contributed by atoms with Crippen molar-refractivity contribution in [3.05, 3.63) is 66.1 Å². The molecule has 4 heteroatoms. The molecule has 0 saturated carbocycles. The molecular formula is C20H21N3O. The van der Waals surface area contributed by atoms with Crippen LogP contribution in [-0.4, -0.2) is 26.9 Å². The van der Waals surface area contributed by atoms with Gasteiger partial charge in [0.1, 0.15) is 5.69 Å². The van der Waals surface area contributed by atoms with Crippen molar-refractivity contribution in [3.8, 4) is 0 Å². The largest absolute Gasteiger partial charge is 0.340 e. The molecule has 0 radical (unpaired) electrons. The lowest BCUT2D eigenvalue weighted by atomic mass is 9.96. The fourth-order valence-electron chi connectivity index (χ4n) is 3.74. The molecular weight excluding hydrogens is 298 g/mol. The van der Waals surface area contributed by atoms with E-state index in [1.54, 1.807) is 6.20 Å². The summed E-state index contributed by atoms with van der Waals surface area (Å²) in [6.45, 7) is 0.805. The molecule has 0 aliphatic carbocycles. The van der Waals surface area contributed by atoms with E-state index in [0.29, 0.717) is 0 Å². The molecule has 1 saturated heterocycles. The molecule has 2 aromatic heterocycles. The average molecular weight is 319 g/mol. The number of amides is 1. The predicted molar refractivity (Wildman–Crippen MR) is 94.8 cm³/mol. The summed E-state index contributed by atoms with van der Waals surface area (Å²) in [6, 6.07) is 14.3. The lowest BCUT2D eigenvalue weighted by Crippen LogP contribution is -2.39. The minimum atomic E-state index is 0.113. The number of pyridine rings is 1. The topological polar surface area (TPSA) is 38.1 Å². The normalized spacial score (nSPS) is 18.0. The van der Waals surface area contributed by atoms with Gasteiger partial charge in [-0.25, -0.2) is 0 Å². The maximum atomic E-state index is 13.3. The Morgan fingerprint density at radius 3 is 2.83 bits per heavy atom. The van der Waals surface area contributed by atoms with E-state index < -0.39 is 0 Å². The van der Waals surface area contributed by atoms with Gasteiger partial charge >= 0.3 is 0 Å². The van der Waals surface area contributed by atoms with Crippen molar-refractivity contribution in [1.29, 1.82) is 0 Å². The van der Waals surface area contributed by atoms with E-state index in [1.165, 1.54) is 0 Å². The summed E-state index contributed by atoms with van der Waals surface area (Å²) >= 11 is 0. The van der Waals surface area contributed by atoms with Crippen LogP contribution in [0.25, 0.3) is 10.9 Å². The fraction of sp³-hybridized carbons (Fsp3) is 0.300. The van der Waals surface area contributed by atoms with Crippen LogP contribution < -0.4 is 0 Å². The fourth-order valence-corrected chi connectivity index (χ4v) is 3.74. The number of piperidine rings is 1. The number of aryl methyl sites for hydroxylation is 1. The van der Waals surface area contributed by atoms with E-state index in [1.807, 2.05) is 47.0 Å². The molecule has 1 atom stereocenters. The maximum Gasteiger partial charge on any atom is 0.271 e. The van der Waals surface area contributed by atoms with Gasteiger partial charge in [-0.2, -0.15) is 0 Å². The number of likely N-dealkylation sites (tertiary alicyclic amines) is 1. The van der Waals surface area contributed by atoms with Gasteiger partial charge in [-0.05, 0) is 43.0 Å². The lowest BCUT2D eigenvalue weighted by Gasteiger charge is -2.36. The van der Waals surface area contributed by atoms with Crippen LogP contribution in [0.4, 0.5) is 0 Å². The molecule has 0 N–H and O–H groups in total. The van der Waals surface area contributed by atoms with Crippen LogP contribution in [0.2, 0.25) is 0 Å². The zero-order chi connectivity index (χ0) is 16.5. The van der Waals surface area contributed by atoms with E-state index >= 15 is 0 Å². The molecule has 0 spiro atoms. The minimum Gasteiger partial charge on any atom is -0.340 e. The molecule has 1 aromatic carbocycles. The Morgan fingerprint density at radius 1 is 1.17 bits per heavy atom. The average Bonchev–Trinajstić information content (AvgIpc) is 2.99. The molecule has 1 aliphatic heterocycles. The molecule has 4 nitrogen and oxygen atoms in total. The molecule has 0 bridgehead atoms. The summed E-state index contributed by atoms with van der Waals surface area (Å²) in [6.07, 6.45) is 6.88. The van der Waals surface area contributed by atoms with Crippen LogP contribution >= 0.6 is 0 Å². The van der Waals surface area contributed by atoms with Gasteiger partial charge in [-0.3, -0.25) is 9.78 Å². The van der Waals surface area contributed by atoms with Crippen LogP contribution in [-0.2, 0) is 7.05 Å². The van der Waals surface area contributed by atoms with E-state index in [0.717, 1.165) is 48.0 Å². The molecule has 1 fully saturated rings. The van der Waals surface area contributed by atoms with E-state index in [9.17, 15) is 4.79 Å². The second kappa shape index (κ2) is 6.11. The van der Waals surface area contributed by atoms with Gasteiger partial charge in [0, 0.05) is 36.9 Å². The molecule has 24 heavy (non-hydrogen) atoms. The second-order valence-electron chi connectivity index (χ2n) is 6.44. The molecule has 3 aromatic rings. The number of carbonyl (C=O) groups excluding carboxylic acids is 1. The Bertz CT molecular complexity index is 869. The highest BCUT2D eigenvalue weighted by Gasteiger charge is 2.30. The van der Waals surface area contributed by atoms with Crippen molar-refractivity contribution in [2.75, 3.05) is 6.54 Å². The Balaban J connectivity index is 1.72. The SMILES string of the molecule is Cn1c(C(=O)N2CCCC[C@@H]2c2cccnc2)cc2ccccc21. The van der Waals surface area contributed by atoms with Crippen molar-refractivity contribution in [3.63, 3.8) is 0 Å². The smallest absolute Gasteiger partial charge is 0.271 e. The van der Waals surface area contributed by atoms with Gasteiger partial charge in [0.25, 0.3) is 5.91 Å². The Labute approximate surface area is 141 Å². The Kier molecular flexibility index (Phi) is 3.81. The van der Waals surface area contributed by atoms with Crippen molar-refractivity contribution < 1.29 is 4.79 Å². The summed E-state index contributed by atoms with van der Waals surface area (Å²) in [5.74, 6) is 0.113. The lowest BCUT2D eigenvalue weighted by molar-refractivity contribution is 0.0602. The van der Waals surface area contributed by atoms with Crippen molar-refractivity contribution in [1.82, 2.24) is 14.5 Å². The number of hydrogen-bond donors (Lipinski definition) is 0. The highest BCUT2D eigenvalue weighted by Crippen LogP contribution is 2.32. The Hall–Kier alpha value is -2.62. The zero-order valence-electron chi connectivity index (χ0n) is 13.9. The third-order valence-corrected chi connectivity index (χ3v) is 5.00. The van der Waals surface area contributed by atoms with Crippen molar-refractivity contribution >= 4 is 16.8 Å². The van der Waals surface area contributed by atoms with Crippen LogP contribution in [0.5, 0.6) is 0 Å². The standard InChI is InChI=1S/C20H21N3O/c1-22-17-9-3-2-7-15(17)13-19(22)20(24)23-12-5-4-10-18(23)16-8-6-11-21-14-16/h2-3,6-9,11,13-14,18H,4-5,10,12H2,1H3/t18-/m1/s1. The number of nitrogens with zero attached hydrogens (tertiary/aromatic N) is 3. The first kappa shape index (κ1) is 14.9. The van der Waals surface area contributed by atoms with Crippen LogP contribution in [0.15, 0.2) is 54.9 Å². The van der Waals surface area contributed by atoms with Crippen LogP contribution in [0, 0.1) is 0 Å². The van der Waals surface area contributed by atoms with Gasteiger partial charge in [0.15, 0.2) is 0 Å². The number of carbonyl (C=O) groups is 1. The quantitative estimate of drug-likeness (QED) is 0.717. The zero-order valence-corrected chi connectivity index (χ0v) is 13.9. The first-order valence-electron chi connectivity index (χ1n) is 8.51. The number of aromatic nitrogens is 2. The third-order valence-electron chi connectivity index (χ3n) is 5.00. The highest BCUT2D eigenvalue weighted by atomic mass is 16.2. The van der Waals surface area contributed by atoms with Crippen molar-refractivity contribution in [2.24, 2.45) is 7.05 Å². The molecule has 4 rings (SSSR count). The first-order chi connectivity index (χ1) is 11.8. The van der Waals surface area contributed by atoms with E-state index in [4.69, 9.17) is 0 Å². The van der Waals surface area contributed by atoms with Crippen molar-refractivity contribution in [2.45, 2.75) is 25.3 Å². The number of rotatable bonds is 2. The van der Waals surface area contributed by atoms with E-state index in [-0.39, 0.29) is 11.9 Å². The molecule has 122 valence electrons. The summed E-state index contributed by atoms with van der Waals surface area (Å²) in [7, 11) is 1.97. The molecule has 3 heterocycles. The van der Waals surface area contributed by atoms with Gasteiger partial charge in [0.2, 0.25) is 0 Å². The summed E-state index contributed by atoms with van der Waals surface area (Å²) in [4.78, 5) is 19.5. The number of hydrogen-bond acceptors (Lipinski definition) is 2. The monoisotopic (exact) mass is 319 g/mol.